The van der Waals surface area contributed by atoms with Crippen LogP contribution >= 0.6 is 0 Å². The van der Waals surface area contributed by atoms with Crippen molar-refractivity contribution in [3.05, 3.63) is 0 Å². The molecule has 2 atom stereocenters. The quantitative estimate of drug-likeness (QED) is 0.722. The first-order valence-electron chi connectivity index (χ1n) is 8.95. The van der Waals surface area contributed by atoms with Crippen LogP contribution in [0.25, 0.3) is 0 Å². The molecule has 2 aliphatic rings. The van der Waals surface area contributed by atoms with Crippen LogP contribution in [0.4, 0.5) is 0 Å². The summed E-state index contributed by atoms with van der Waals surface area (Å²) in [5, 5.41) is 6.85. The highest BCUT2D eigenvalue weighted by molar-refractivity contribution is 5.81. The number of likely N-dealkylation sites (tertiary alicyclic amines) is 1. The zero-order chi connectivity index (χ0) is 15.2. The molecule has 2 rings (SSSR count). The van der Waals surface area contributed by atoms with Crippen molar-refractivity contribution in [1.82, 2.24) is 15.5 Å². The molecular weight excluding hydrogens is 262 g/mol. The predicted octanol–water partition coefficient (Wildman–Crippen LogP) is 2.29. The van der Waals surface area contributed by atoms with Crippen molar-refractivity contribution < 1.29 is 4.79 Å². The Labute approximate surface area is 130 Å². The van der Waals surface area contributed by atoms with E-state index < -0.39 is 0 Å². The van der Waals surface area contributed by atoms with E-state index in [0.29, 0.717) is 12.1 Å². The Kier molecular flexibility index (Phi) is 6.49. The second-order valence-corrected chi connectivity index (χ2v) is 6.77. The van der Waals surface area contributed by atoms with Gasteiger partial charge in [0.25, 0.3) is 0 Å². The number of hydrogen-bond acceptors (Lipinski definition) is 3. The molecule has 0 radical (unpaired) electrons. The van der Waals surface area contributed by atoms with Gasteiger partial charge in [-0.2, -0.15) is 0 Å². The van der Waals surface area contributed by atoms with Gasteiger partial charge in [-0.15, -0.1) is 0 Å². The molecule has 2 fully saturated rings. The van der Waals surface area contributed by atoms with Crippen LogP contribution in [0, 0.1) is 0 Å². The lowest BCUT2D eigenvalue weighted by Gasteiger charge is -2.39. The third-order valence-electron chi connectivity index (χ3n) is 5.10. The molecule has 4 heteroatoms. The summed E-state index contributed by atoms with van der Waals surface area (Å²) in [6.45, 7) is 8.47. The molecule has 2 unspecified atom stereocenters. The summed E-state index contributed by atoms with van der Waals surface area (Å²) in [5.41, 5.74) is 0. The van der Waals surface area contributed by atoms with E-state index in [9.17, 15) is 4.79 Å². The average molecular weight is 295 g/mol. The summed E-state index contributed by atoms with van der Waals surface area (Å²) in [7, 11) is 0. The van der Waals surface area contributed by atoms with Gasteiger partial charge in [0.15, 0.2) is 0 Å². The largest absolute Gasteiger partial charge is 0.352 e. The van der Waals surface area contributed by atoms with E-state index >= 15 is 0 Å². The minimum atomic E-state index is -0.00287. The SMILES string of the molecule is CCC(CC)NC(=O)C(C)N1CCCCC1CNC1CC1. The lowest BCUT2D eigenvalue weighted by molar-refractivity contribution is -0.128. The third-order valence-corrected chi connectivity index (χ3v) is 5.10. The first-order chi connectivity index (χ1) is 10.2. The van der Waals surface area contributed by atoms with E-state index in [0.717, 1.165) is 32.0 Å². The summed E-state index contributed by atoms with van der Waals surface area (Å²) in [5.74, 6) is 0.210. The Bertz CT molecular complexity index is 326. The van der Waals surface area contributed by atoms with E-state index in [-0.39, 0.29) is 11.9 Å². The van der Waals surface area contributed by atoms with E-state index in [4.69, 9.17) is 0 Å². The number of piperidine rings is 1. The van der Waals surface area contributed by atoms with Crippen LogP contribution in [0.5, 0.6) is 0 Å². The Morgan fingerprint density at radius 1 is 1.19 bits per heavy atom. The fourth-order valence-corrected chi connectivity index (χ4v) is 3.31. The number of carbonyl (C=O) groups excluding carboxylic acids is 1. The van der Waals surface area contributed by atoms with Crippen molar-refractivity contribution in [1.29, 1.82) is 0 Å². The molecule has 0 spiro atoms. The molecule has 0 aromatic rings. The summed E-state index contributed by atoms with van der Waals surface area (Å²) in [6, 6.07) is 1.61. The number of rotatable bonds is 8. The first kappa shape index (κ1) is 16.8. The number of nitrogens with zero attached hydrogens (tertiary/aromatic N) is 1. The summed E-state index contributed by atoms with van der Waals surface area (Å²) in [4.78, 5) is 14.9. The summed E-state index contributed by atoms with van der Waals surface area (Å²) in [6.07, 6.45) is 8.44. The van der Waals surface area contributed by atoms with Gasteiger partial charge >= 0.3 is 0 Å². The van der Waals surface area contributed by atoms with Gasteiger partial charge in [-0.25, -0.2) is 0 Å². The van der Waals surface area contributed by atoms with Gasteiger partial charge < -0.3 is 10.6 Å². The van der Waals surface area contributed by atoms with Crippen LogP contribution in [-0.4, -0.2) is 48.1 Å². The Hall–Kier alpha value is -0.610. The summed E-state index contributed by atoms with van der Waals surface area (Å²) >= 11 is 0. The maximum atomic E-state index is 12.5. The Morgan fingerprint density at radius 2 is 1.90 bits per heavy atom. The van der Waals surface area contributed by atoms with Gasteiger partial charge in [-0.3, -0.25) is 9.69 Å². The normalized spacial score (nSPS) is 25.0. The molecule has 2 N–H and O–H groups in total. The van der Waals surface area contributed by atoms with Crippen molar-refractivity contribution >= 4 is 5.91 Å². The topological polar surface area (TPSA) is 44.4 Å². The lowest BCUT2D eigenvalue weighted by Crippen LogP contribution is -2.55. The molecule has 1 aliphatic heterocycles. The minimum Gasteiger partial charge on any atom is -0.352 e. The lowest BCUT2D eigenvalue weighted by atomic mass is 9.99. The highest BCUT2D eigenvalue weighted by atomic mass is 16.2. The molecule has 0 bridgehead atoms. The predicted molar refractivity (Wildman–Crippen MR) is 87.3 cm³/mol. The third kappa shape index (κ3) is 4.96. The van der Waals surface area contributed by atoms with Crippen molar-refractivity contribution in [2.75, 3.05) is 13.1 Å². The summed E-state index contributed by atoms with van der Waals surface area (Å²) < 4.78 is 0. The molecule has 1 saturated heterocycles. The first-order valence-corrected chi connectivity index (χ1v) is 8.95. The van der Waals surface area contributed by atoms with Gasteiger partial charge in [0, 0.05) is 24.7 Å². The van der Waals surface area contributed by atoms with Crippen LogP contribution in [0.2, 0.25) is 0 Å². The van der Waals surface area contributed by atoms with Gasteiger partial charge in [0.05, 0.1) is 6.04 Å². The maximum Gasteiger partial charge on any atom is 0.237 e. The fourth-order valence-electron chi connectivity index (χ4n) is 3.31. The second kappa shape index (κ2) is 8.14. The zero-order valence-corrected chi connectivity index (χ0v) is 14.0. The molecule has 1 saturated carbocycles. The molecule has 1 amide bonds. The number of amides is 1. The molecular formula is C17H33N3O. The standard InChI is InChI=1S/C17H33N3O/c1-4-14(5-2)19-17(21)13(3)20-11-7-6-8-16(20)12-18-15-9-10-15/h13-16,18H,4-12H2,1-3H3,(H,19,21). The highest BCUT2D eigenvalue weighted by Gasteiger charge is 2.32. The van der Waals surface area contributed by atoms with Crippen LogP contribution in [0.3, 0.4) is 0 Å². The molecule has 1 heterocycles. The highest BCUT2D eigenvalue weighted by Crippen LogP contribution is 2.22. The number of hydrogen-bond donors (Lipinski definition) is 2. The van der Waals surface area contributed by atoms with Crippen LogP contribution < -0.4 is 10.6 Å². The number of carbonyl (C=O) groups is 1. The van der Waals surface area contributed by atoms with E-state index in [1.165, 1.54) is 32.1 Å². The molecule has 4 nitrogen and oxygen atoms in total. The van der Waals surface area contributed by atoms with Crippen molar-refractivity contribution in [2.45, 2.75) is 89.9 Å². The molecule has 1 aliphatic carbocycles. The smallest absolute Gasteiger partial charge is 0.237 e. The minimum absolute atomic E-state index is 0.00287. The monoisotopic (exact) mass is 295 g/mol. The maximum absolute atomic E-state index is 12.5. The Morgan fingerprint density at radius 3 is 2.52 bits per heavy atom. The van der Waals surface area contributed by atoms with Crippen LogP contribution in [0.15, 0.2) is 0 Å². The molecule has 0 aromatic heterocycles. The van der Waals surface area contributed by atoms with E-state index in [1.54, 1.807) is 0 Å². The van der Waals surface area contributed by atoms with Gasteiger partial charge in [0.1, 0.15) is 0 Å². The van der Waals surface area contributed by atoms with Crippen molar-refractivity contribution in [3.63, 3.8) is 0 Å². The average Bonchev–Trinajstić information content (AvgIpc) is 3.34. The number of nitrogens with one attached hydrogen (secondary N) is 2. The molecule has 0 aromatic carbocycles. The molecule has 21 heavy (non-hydrogen) atoms. The van der Waals surface area contributed by atoms with Gasteiger partial charge in [0.2, 0.25) is 5.91 Å². The van der Waals surface area contributed by atoms with Gasteiger partial charge in [-0.05, 0) is 52.0 Å². The van der Waals surface area contributed by atoms with Crippen molar-refractivity contribution in [3.8, 4) is 0 Å². The molecule has 122 valence electrons. The van der Waals surface area contributed by atoms with Gasteiger partial charge in [-0.1, -0.05) is 20.3 Å². The zero-order valence-electron chi connectivity index (χ0n) is 14.0. The van der Waals surface area contributed by atoms with Crippen LogP contribution in [-0.2, 0) is 4.79 Å². The second-order valence-electron chi connectivity index (χ2n) is 6.77. The van der Waals surface area contributed by atoms with Crippen LogP contribution in [0.1, 0.15) is 65.7 Å². The fraction of sp³-hybridized carbons (Fsp3) is 0.941. The van der Waals surface area contributed by atoms with Crippen molar-refractivity contribution in [2.24, 2.45) is 0 Å². The van der Waals surface area contributed by atoms with E-state index in [1.807, 2.05) is 0 Å². The van der Waals surface area contributed by atoms with E-state index in [2.05, 4.69) is 36.3 Å². The Balaban J connectivity index is 1.86.